The summed E-state index contributed by atoms with van der Waals surface area (Å²) in [5.74, 6) is 2.80. The van der Waals surface area contributed by atoms with Crippen LogP contribution in [-0.4, -0.2) is 73.6 Å². The molecule has 0 N–H and O–H groups in total. The number of hydrogen-bond acceptors (Lipinski definition) is 3. The van der Waals surface area contributed by atoms with Crippen molar-refractivity contribution in [2.24, 2.45) is 0 Å². The molecule has 0 fully saturated rings. The van der Waals surface area contributed by atoms with Gasteiger partial charge in [0.2, 0.25) is 0 Å². The molecule has 2 radical (unpaired) electrons. The summed E-state index contributed by atoms with van der Waals surface area (Å²) in [6, 6.07) is 24.9. The zero-order valence-electron chi connectivity index (χ0n) is 15.7. The Hall–Kier alpha value is -1.02. The summed E-state index contributed by atoms with van der Waals surface area (Å²) in [6.45, 7) is 0. The van der Waals surface area contributed by atoms with Crippen LogP contribution in [0.5, 0.6) is 17.2 Å². The smallest absolute Gasteiger partial charge is 0 e. The van der Waals surface area contributed by atoms with Crippen LogP contribution in [0.2, 0.25) is 0 Å². The Morgan fingerprint density at radius 2 is 0.769 bits per heavy atom. The second-order valence-electron chi connectivity index (χ2n) is 5.48. The van der Waals surface area contributed by atoms with E-state index in [-0.39, 0.29) is 29.6 Å². The first-order valence-corrected chi connectivity index (χ1v) is 13.9. The van der Waals surface area contributed by atoms with Gasteiger partial charge in [-0.05, 0) is 0 Å². The van der Waals surface area contributed by atoms with Gasteiger partial charge in [0.05, 0.1) is 0 Å². The van der Waals surface area contributed by atoms with Gasteiger partial charge in [-0.3, -0.25) is 0 Å². The summed E-state index contributed by atoms with van der Waals surface area (Å²) in [4.78, 5) is 0. The molecule has 0 aromatic heterocycles. The van der Waals surface area contributed by atoms with Crippen molar-refractivity contribution in [3.63, 3.8) is 0 Å². The average Bonchev–Trinajstić information content (AvgIpc) is 2.69. The predicted octanol–water partition coefficient (Wildman–Crippen LogP) is 1.85. The molecule has 0 amide bonds. The van der Waals surface area contributed by atoms with Gasteiger partial charge in [-0.25, -0.2) is 0 Å². The van der Waals surface area contributed by atoms with Crippen molar-refractivity contribution in [2.75, 3.05) is 21.3 Å². The maximum absolute atomic E-state index is 5.69. The van der Waals surface area contributed by atoms with E-state index in [0.717, 1.165) is 17.2 Å². The van der Waals surface area contributed by atoms with Crippen molar-refractivity contribution in [3.05, 3.63) is 72.8 Å². The van der Waals surface area contributed by atoms with E-state index < -0.39 is 22.7 Å². The van der Waals surface area contributed by atoms with E-state index in [1.165, 1.54) is 9.37 Å². The van der Waals surface area contributed by atoms with E-state index in [1.807, 2.05) is 36.4 Å². The van der Waals surface area contributed by atoms with Crippen LogP contribution in [-0.2, 0) is 0 Å². The summed E-state index contributed by atoms with van der Waals surface area (Å²) < 4.78 is 20.9. The maximum Gasteiger partial charge on any atom is 0 e. The number of rotatable bonds is 6. The van der Waals surface area contributed by atoms with Crippen LogP contribution in [0.3, 0.4) is 0 Å². The summed E-state index contributed by atoms with van der Waals surface area (Å²) in [5.41, 5.74) is 0. The Balaban J connectivity index is 0.00000243. The van der Waals surface area contributed by atoms with E-state index in [9.17, 15) is 0 Å². The van der Waals surface area contributed by atoms with Crippen molar-refractivity contribution in [2.45, 2.75) is 0 Å². The molecule has 3 nitrogen and oxygen atoms in total. The van der Waals surface area contributed by atoms with Crippen molar-refractivity contribution >= 4 is 61.6 Å². The SMILES string of the molecule is COc1cccc[c]1[Pb]([c]1ccccc1OC)[c]1ccccc1OC.[Na]. The third kappa shape index (κ3) is 4.45. The Labute approximate surface area is 185 Å². The van der Waals surface area contributed by atoms with Crippen molar-refractivity contribution in [3.8, 4) is 17.2 Å². The predicted molar refractivity (Wildman–Crippen MR) is 109 cm³/mol. The Morgan fingerprint density at radius 3 is 1.04 bits per heavy atom. The van der Waals surface area contributed by atoms with E-state index in [1.54, 1.807) is 21.3 Å². The first-order valence-electron chi connectivity index (χ1n) is 8.07. The summed E-state index contributed by atoms with van der Waals surface area (Å²) >= 11 is -2.81. The molecular weight excluding hydrogens is 530 g/mol. The molecule has 0 spiro atoms. The molecule has 128 valence electrons. The summed E-state index contributed by atoms with van der Waals surface area (Å²) in [6.07, 6.45) is 0. The second-order valence-corrected chi connectivity index (χ2v) is 14.7. The van der Waals surface area contributed by atoms with E-state index >= 15 is 0 Å². The monoisotopic (exact) mass is 552 g/mol. The number of ether oxygens (including phenoxy) is 3. The van der Waals surface area contributed by atoms with Crippen LogP contribution in [0.1, 0.15) is 0 Å². The van der Waals surface area contributed by atoms with Crippen LogP contribution in [0.15, 0.2) is 72.8 Å². The topological polar surface area (TPSA) is 27.7 Å². The zero-order chi connectivity index (χ0) is 17.6. The van der Waals surface area contributed by atoms with Crippen LogP contribution >= 0.6 is 0 Å². The second kappa shape index (κ2) is 10.4. The molecule has 0 atom stereocenters. The minimum Gasteiger partial charge on any atom is 0 e. The molecule has 0 bridgehead atoms. The van der Waals surface area contributed by atoms with E-state index in [4.69, 9.17) is 14.2 Å². The molecule has 0 saturated carbocycles. The molecule has 0 heterocycles. The van der Waals surface area contributed by atoms with Gasteiger partial charge < -0.3 is 0 Å². The van der Waals surface area contributed by atoms with E-state index in [2.05, 4.69) is 36.4 Å². The van der Waals surface area contributed by atoms with Crippen LogP contribution in [0.25, 0.3) is 0 Å². The summed E-state index contributed by atoms with van der Waals surface area (Å²) in [7, 11) is 5.19. The van der Waals surface area contributed by atoms with Crippen molar-refractivity contribution in [1.82, 2.24) is 0 Å². The largest absolute Gasteiger partial charge is 0 e. The van der Waals surface area contributed by atoms with Gasteiger partial charge in [-0.1, -0.05) is 0 Å². The van der Waals surface area contributed by atoms with Crippen LogP contribution < -0.4 is 23.6 Å². The Bertz CT molecular complexity index is 741. The molecule has 0 aliphatic heterocycles. The van der Waals surface area contributed by atoms with Crippen LogP contribution in [0.4, 0.5) is 0 Å². The van der Waals surface area contributed by atoms with Gasteiger partial charge in [-0.2, -0.15) is 0 Å². The van der Waals surface area contributed by atoms with Gasteiger partial charge in [0, 0.05) is 29.6 Å². The Kier molecular flexibility index (Phi) is 8.47. The minimum atomic E-state index is -2.81. The van der Waals surface area contributed by atoms with Crippen molar-refractivity contribution < 1.29 is 14.2 Å². The fraction of sp³-hybridized carbons (Fsp3) is 0.143. The number of benzene rings is 3. The maximum atomic E-state index is 5.69. The van der Waals surface area contributed by atoms with E-state index in [0.29, 0.717) is 0 Å². The molecular formula is C21H21NaO3Pb. The standard InChI is InChI=1S/3C7H7O.Na.Pb/c3*1-8-7-5-3-2-4-6-7;;/h3*2-5H,1H3;;. The molecule has 0 aliphatic rings. The number of hydrogen-bond donors (Lipinski definition) is 0. The Morgan fingerprint density at radius 1 is 0.500 bits per heavy atom. The first-order chi connectivity index (χ1) is 12.3. The molecule has 0 saturated heterocycles. The molecule has 5 heteroatoms. The zero-order valence-corrected chi connectivity index (χ0v) is 21.5. The fourth-order valence-electron chi connectivity index (χ4n) is 2.99. The number of methoxy groups -OCH3 is 3. The molecule has 3 rings (SSSR count). The quantitative estimate of drug-likeness (QED) is 0.438. The van der Waals surface area contributed by atoms with Crippen molar-refractivity contribution in [1.29, 1.82) is 0 Å². The molecule has 3 aromatic rings. The third-order valence-corrected chi connectivity index (χ3v) is 15.2. The molecule has 0 unspecified atom stereocenters. The summed E-state index contributed by atoms with van der Waals surface area (Å²) in [5, 5.41) is 0. The third-order valence-electron chi connectivity index (χ3n) is 4.13. The molecule has 26 heavy (non-hydrogen) atoms. The van der Waals surface area contributed by atoms with Crippen LogP contribution in [0, 0.1) is 0 Å². The number of para-hydroxylation sites is 3. The minimum absolute atomic E-state index is 0. The van der Waals surface area contributed by atoms with Gasteiger partial charge in [0.15, 0.2) is 0 Å². The molecule has 3 aromatic carbocycles. The van der Waals surface area contributed by atoms with Gasteiger partial charge in [0.1, 0.15) is 0 Å². The first kappa shape index (κ1) is 21.3. The average molecular weight is 552 g/mol. The normalized spacial score (nSPS) is 10.2. The van der Waals surface area contributed by atoms with Gasteiger partial charge in [-0.15, -0.1) is 0 Å². The van der Waals surface area contributed by atoms with Gasteiger partial charge >= 0.3 is 158 Å². The fourth-order valence-corrected chi connectivity index (χ4v) is 14.5. The van der Waals surface area contributed by atoms with Gasteiger partial charge in [0.25, 0.3) is 0 Å². The molecule has 0 aliphatic carbocycles.